The molecular formula is C14H28N2O3. The van der Waals surface area contributed by atoms with Crippen LogP contribution >= 0.6 is 0 Å². The van der Waals surface area contributed by atoms with E-state index >= 15 is 0 Å². The van der Waals surface area contributed by atoms with Crippen molar-refractivity contribution in [2.45, 2.75) is 58.2 Å². The summed E-state index contributed by atoms with van der Waals surface area (Å²) in [6, 6.07) is 0. The molecule has 1 rings (SSSR count). The maximum Gasteiger partial charge on any atom is 0.410 e. The zero-order valence-corrected chi connectivity index (χ0v) is 12.7. The summed E-state index contributed by atoms with van der Waals surface area (Å²) in [5.41, 5.74) is 5.07. The van der Waals surface area contributed by atoms with Crippen molar-refractivity contribution in [2.24, 2.45) is 5.73 Å². The summed E-state index contributed by atoms with van der Waals surface area (Å²) in [6.07, 6.45) is 2.28. The Morgan fingerprint density at radius 1 is 1.32 bits per heavy atom. The van der Waals surface area contributed by atoms with E-state index in [4.69, 9.17) is 15.2 Å². The molecule has 1 fully saturated rings. The zero-order chi connectivity index (χ0) is 14.5. The quantitative estimate of drug-likeness (QED) is 0.851. The highest BCUT2D eigenvalue weighted by molar-refractivity contribution is 5.68. The third-order valence-electron chi connectivity index (χ3n) is 3.38. The fraction of sp³-hybridized carbons (Fsp3) is 0.929. The van der Waals surface area contributed by atoms with Gasteiger partial charge in [0.25, 0.3) is 0 Å². The molecule has 0 aromatic rings. The van der Waals surface area contributed by atoms with Crippen LogP contribution in [0.25, 0.3) is 0 Å². The lowest BCUT2D eigenvalue weighted by Crippen LogP contribution is -2.50. The van der Waals surface area contributed by atoms with Crippen molar-refractivity contribution in [1.29, 1.82) is 0 Å². The molecule has 1 aliphatic rings. The Labute approximate surface area is 116 Å². The summed E-state index contributed by atoms with van der Waals surface area (Å²) >= 11 is 0. The summed E-state index contributed by atoms with van der Waals surface area (Å²) in [7, 11) is 0. The molecule has 0 aromatic heterocycles. The van der Waals surface area contributed by atoms with Crippen molar-refractivity contribution in [3.05, 3.63) is 0 Å². The Morgan fingerprint density at radius 2 is 1.89 bits per heavy atom. The van der Waals surface area contributed by atoms with Gasteiger partial charge in [-0.1, -0.05) is 0 Å². The average Bonchev–Trinajstić information content (AvgIpc) is 2.28. The number of likely N-dealkylation sites (tertiary alicyclic amines) is 1. The molecule has 5 nitrogen and oxygen atoms in total. The number of nitrogens with zero attached hydrogens (tertiary/aromatic N) is 1. The molecule has 0 aliphatic carbocycles. The minimum Gasteiger partial charge on any atom is -0.444 e. The SMILES string of the molecule is CCOC1(CCN)CCN(C(=O)OC(C)(C)C)CC1. The van der Waals surface area contributed by atoms with E-state index in [0.717, 1.165) is 19.3 Å². The largest absolute Gasteiger partial charge is 0.444 e. The second kappa shape index (κ2) is 6.57. The van der Waals surface area contributed by atoms with Gasteiger partial charge in [0.1, 0.15) is 5.60 Å². The maximum absolute atomic E-state index is 12.0. The van der Waals surface area contributed by atoms with Gasteiger partial charge in [-0.3, -0.25) is 0 Å². The fourth-order valence-corrected chi connectivity index (χ4v) is 2.46. The molecule has 1 saturated heterocycles. The molecule has 1 amide bonds. The number of hydrogen-bond donors (Lipinski definition) is 1. The molecule has 2 N–H and O–H groups in total. The first-order valence-corrected chi connectivity index (χ1v) is 7.14. The number of rotatable bonds is 4. The minimum atomic E-state index is -0.442. The number of carbonyl (C=O) groups excluding carboxylic acids is 1. The van der Waals surface area contributed by atoms with E-state index in [1.165, 1.54) is 0 Å². The van der Waals surface area contributed by atoms with E-state index in [9.17, 15) is 4.79 Å². The lowest BCUT2D eigenvalue weighted by molar-refractivity contribution is -0.0833. The Hall–Kier alpha value is -0.810. The van der Waals surface area contributed by atoms with Gasteiger partial charge in [-0.25, -0.2) is 4.79 Å². The Balaban J connectivity index is 2.53. The molecular weight excluding hydrogens is 244 g/mol. The molecule has 0 saturated carbocycles. The van der Waals surface area contributed by atoms with Gasteiger partial charge >= 0.3 is 6.09 Å². The van der Waals surface area contributed by atoms with E-state index in [-0.39, 0.29) is 11.7 Å². The second-order valence-corrected chi connectivity index (χ2v) is 6.12. The van der Waals surface area contributed by atoms with Crippen molar-refractivity contribution >= 4 is 6.09 Å². The molecule has 112 valence electrons. The number of ether oxygens (including phenoxy) is 2. The molecule has 1 aliphatic heterocycles. The van der Waals surface area contributed by atoms with Gasteiger partial charge in [-0.05, 0) is 53.5 Å². The highest BCUT2D eigenvalue weighted by Crippen LogP contribution is 2.30. The summed E-state index contributed by atoms with van der Waals surface area (Å²) in [5.74, 6) is 0. The molecule has 0 spiro atoms. The van der Waals surface area contributed by atoms with Crippen LogP contribution in [0.3, 0.4) is 0 Å². The van der Waals surface area contributed by atoms with Gasteiger partial charge in [0.2, 0.25) is 0 Å². The highest BCUT2D eigenvalue weighted by Gasteiger charge is 2.37. The maximum atomic E-state index is 12.0. The van der Waals surface area contributed by atoms with Crippen molar-refractivity contribution in [3.63, 3.8) is 0 Å². The summed E-state index contributed by atoms with van der Waals surface area (Å²) in [5, 5.41) is 0. The lowest BCUT2D eigenvalue weighted by Gasteiger charge is -2.41. The summed E-state index contributed by atoms with van der Waals surface area (Å²) < 4.78 is 11.3. The van der Waals surface area contributed by atoms with Crippen LogP contribution in [-0.2, 0) is 9.47 Å². The number of amides is 1. The topological polar surface area (TPSA) is 64.8 Å². The average molecular weight is 272 g/mol. The predicted octanol–water partition coefficient (Wildman–Crippen LogP) is 2.14. The van der Waals surface area contributed by atoms with Crippen molar-refractivity contribution in [1.82, 2.24) is 4.90 Å². The van der Waals surface area contributed by atoms with Crippen LogP contribution in [0.2, 0.25) is 0 Å². The monoisotopic (exact) mass is 272 g/mol. The van der Waals surface area contributed by atoms with Crippen LogP contribution in [0.15, 0.2) is 0 Å². The van der Waals surface area contributed by atoms with Crippen LogP contribution in [0, 0.1) is 0 Å². The molecule has 19 heavy (non-hydrogen) atoms. The van der Waals surface area contributed by atoms with Crippen LogP contribution in [0.5, 0.6) is 0 Å². The van der Waals surface area contributed by atoms with E-state index < -0.39 is 5.60 Å². The fourth-order valence-electron chi connectivity index (χ4n) is 2.46. The molecule has 5 heteroatoms. The molecule has 0 unspecified atom stereocenters. The van der Waals surface area contributed by atoms with Gasteiger partial charge in [0.05, 0.1) is 5.60 Å². The van der Waals surface area contributed by atoms with Gasteiger partial charge in [0, 0.05) is 19.7 Å². The van der Waals surface area contributed by atoms with Crippen LogP contribution in [0.1, 0.15) is 47.0 Å². The molecule has 1 heterocycles. The van der Waals surface area contributed by atoms with Gasteiger partial charge in [-0.15, -0.1) is 0 Å². The van der Waals surface area contributed by atoms with E-state index in [0.29, 0.717) is 26.2 Å². The normalized spacial score (nSPS) is 19.3. The number of hydrogen-bond acceptors (Lipinski definition) is 4. The van der Waals surface area contributed by atoms with Crippen LogP contribution in [0.4, 0.5) is 4.79 Å². The van der Waals surface area contributed by atoms with Gasteiger partial charge in [0.15, 0.2) is 0 Å². The molecule has 0 atom stereocenters. The first-order valence-electron chi connectivity index (χ1n) is 7.14. The number of carbonyl (C=O) groups is 1. The third-order valence-corrected chi connectivity index (χ3v) is 3.38. The molecule has 0 aromatic carbocycles. The second-order valence-electron chi connectivity index (χ2n) is 6.12. The van der Waals surface area contributed by atoms with Gasteiger partial charge in [-0.2, -0.15) is 0 Å². The first kappa shape index (κ1) is 16.2. The predicted molar refractivity (Wildman–Crippen MR) is 75.1 cm³/mol. The standard InChI is InChI=1S/C14H28N2O3/c1-5-18-14(6-9-15)7-10-16(11-8-14)12(17)19-13(2,3)4/h5-11,15H2,1-4H3. The Morgan fingerprint density at radius 3 is 2.32 bits per heavy atom. The van der Waals surface area contributed by atoms with Gasteiger partial charge < -0.3 is 20.1 Å². The van der Waals surface area contributed by atoms with E-state index in [2.05, 4.69) is 0 Å². The molecule has 0 bridgehead atoms. The van der Waals surface area contributed by atoms with E-state index in [1.54, 1.807) is 4.90 Å². The summed E-state index contributed by atoms with van der Waals surface area (Å²) in [6.45, 7) is 10.3. The van der Waals surface area contributed by atoms with Crippen LogP contribution < -0.4 is 5.73 Å². The number of nitrogens with two attached hydrogens (primary N) is 1. The highest BCUT2D eigenvalue weighted by atomic mass is 16.6. The summed E-state index contributed by atoms with van der Waals surface area (Å²) in [4.78, 5) is 13.7. The Kier molecular flexibility index (Phi) is 5.62. The van der Waals surface area contributed by atoms with E-state index in [1.807, 2.05) is 27.7 Å². The van der Waals surface area contributed by atoms with Crippen molar-refractivity contribution < 1.29 is 14.3 Å². The van der Waals surface area contributed by atoms with Crippen molar-refractivity contribution in [3.8, 4) is 0 Å². The Bertz CT molecular complexity index is 284. The number of piperidine rings is 1. The molecule has 0 radical (unpaired) electrons. The van der Waals surface area contributed by atoms with Crippen molar-refractivity contribution in [2.75, 3.05) is 26.2 Å². The van der Waals surface area contributed by atoms with Crippen LogP contribution in [-0.4, -0.2) is 48.4 Å². The minimum absolute atomic E-state index is 0.151. The lowest BCUT2D eigenvalue weighted by atomic mass is 9.88. The third kappa shape index (κ3) is 4.99. The smallest absolute Gasteiger partial charge is 0.410 e. The first-order chi connectivity index (χ1) is 8.82. The zero-order valence-electron chi connectivity index (χ0n) is 12.7.